The molecule has 6 heteroatoms. The van der Waals surface area contributed by atoms with Gasteiger partial charge in [0.1, 0.15) is 11.7 Å². The highest BCUT2D eigenvalue weighted by Crippen LogP contribution is 2.22. The molecule has 0 aliphatic carbocycles. The molecule has 1 unspecified atom stereocenters. The number of nitrogens with zero attached hydrogens (tertiary/aromatic N) is 2. The van der Waals surface area contributed by atoms with E-state index in [0.29, 0.717) is 24.4 Å². The van der Waals surface area contributed by atoms with Crippen LogP contribution in [0.25, 0.3) is 11.3 Å². The van der Waals surface area contributed by atoms with E-state index in [0.717, 1.165) is 18.4 Å². The second kappa shape index (κ2) is 6.01. The molecule has 1 amide bonds. The van der Waals surface area contributed by atoms with Crippen LogP contribution in [-0.2, 0) is 4.79 Å². The SMILES string of the molecule is O=C(O)C1CCCCN1C(=O)c1cc(-c2ccccc2)n[nH]1. The molecule has 1 saturated heterocycles. The van der Waals surface area contributed by atoms with Crippen molar-refractivity contribution in [3.63, 3.8) is 0 Å². The van der Waals surface area contributed by atoms with Crippen LogP contribution in [0.3, 0.4) is 0 Å². The first-order valence-corrected chi connectivity index (χ1v) is 7.31. The average molecular weight is 299 g/mol. The van der Waals surface area contributed by atoms with E-state index in [1.54, 1.807) is 6.07 Å². The maximum atomic E-state index is 12.6. The van der Waals surface area contributed by atoms with Crippen LogP contribution in [0.15, 0.2) is 36.4 Å². The van der Waals surface area contributed by atoms with E-state index in [2.05, 4.69) is 10.2 Å². The third kappa shape index (κ3) is 2.72. The van der Waals surface area contributed by atoms with Crippen molar-refractivity contribution in [2.24, 2.45) is 0 Å². The van der Waals surface area contributed by atoms with E-state index in [1.807, 2.05) is 30.3 Å². The molecule has 0 bridgehead atoms. The second-order valence-corrected chi connectivity index (χ2v) is 5.38. The summed E-state index contributed by atoms with van der Waals surface area (Å²) in [6, 6.07) is 10.5. The largest absolute Gasteiger partial charge is 0.480 e. The lowest BCUT2D eigenvalue weighted by Gasteiger charge is -2.32. The molecule has 2 heterocycles. The van der Waals surface area contributed by atoms with Gasteiger partial charge in [0.25, 0.3) is 5.91 Å². The number of hydrogen-bond donors (Lipinski definition) is 2. The zero-order chi connectivity index (χ0) is 15.5. The number of hydrogen-bond acceptors (Lipinski definition) is 3. The molecule has 3 rings (SSSR count). The van der Waals surface area contributed by atoms with Gasteiger partial charge in [0.05, 0.1) is 5.69 Å². The lowest BCUT2D eigenvalue weighted by molar-refractivity contribution is -0.143. The maximum absolute atomic E-state index is 12.6. The first-order valence-electron chi connectivity index (χ1n) is 7.31. The van der Waals surface area contributed by atoms with Gasteiger partial charge in [-0.2, -0.15) is 5.10 Å². The normalized spacial score (nSPS) is 18.2. The van der Waals surface area contributed by atoms with Crippen molar-refractivity contribution in [2.45, 2.75) is 25.3 Å². The van der Waals surface area contributed by atoms with Crippen molar-refractivity contribution in [2.75, 3.05) is 6.54 Å². The van der Waals surface area contributed by atoms with Crippen LogP contribution in [0.4, 0.5) is 0 Å². The van der Waals surface area contributed by atoms with Crippen molar-refractivity contribution in [3.05, 3.63) is 42.1 Å². The highest BCUT2D eigenvalue weighted by Gasteiger charge is 2.33. The Morgan fingerprint density at radius 2 is 2.00 bits per heavy atom. The fraction of sp³-hybridized carbons (Fsp3) is 0.312. The minimum Gasteiger partial charge on any atom is -0.480 e. The van der Waals surface area contributed by atoms with Crippen molar-refractivity contribution in [1.82, 2.24) is 15.1 Å². The quantitative estimate of drug-likeness (QED) is 0.909. The van der Waals surface area contributed by atoms with Gasteiger partial charge >= 0.3 is 5.97 Å². The third-order valence-corrected chi connectivity index (χ3v) is 3.93. The minimum atomic E-state index is -0.948. The van der Waals surface area contributed by atoms with Gasteiger partial charge < -0.3 is 10.0 Å². The Bertz CT molecular complexity index is 681. The molecule has 114 valence electrons. The second-order valence-electron chi connectivity index (χ2n) is 5.38. The third-order valence-electron chi connectivity index (χ3n) is 3.93. The van der Waals surface area contributed by atoms with Gasteiger partial charge in [-0.1, -0.05) is 30.3 Å². The Labute approximate surface area is 127 Å². The molecule has 1 atom stereocenters. The molecule has 1 aliphatic rings. The standard InChI is InChI=1S/C16H17N3O3/c20-15(19-9-5-4-8-14(19)16(21)22)13-10-12(17-18-13)11-6-2-1-3-7-11/h1-3,6-7,10,14H,4-5,8-9H2,(H,17,18)(H,21,22). The number of carbonyl (C=O) groups is 2. The van der Waals surface area contributed by atoms with Gasteiger partial charge in [-0.3, -0.25) is 9.89 Å². The Morgan fingerprint density at radius 1 is 1.23 bits per heavy atom. The zero-order valence-electron chi connectivity index (χ0n) is 12.0. The first-order chi connectivity index (χ1) is 10.7. The number of piperidine rings is 1. The average Bonchev–Trinajstić information content (AvgIpc) is 3.05. The monoisotopic (exact) mass is 299 g/mol. The van der Waals surface area contributed by atoms with E-state index in [4.69, 9.17) is 0 Å². The summed E-state index contributed by atoms with van der Waals surface area (Å²) < 4.78 is 0. The molecule has 2 N–H and O–H groups in total. The summed E-state index contributed by atoms with van der Waals surface area (Å²) in [6.07, 6.45) is 2.16. The summed E-state index contributed by atoms with van der Waals surface area (Å²) in [6.45, 7) is 0.468. The van der Waals surface area contributed by atoms with Crippen molar-refractivity contribution in [1.29, 1.82) is 0 Å². The number of aromatic nitrogens is 2. The number of aliphatic carboxylic acids is 1. The number of H-pyrrole nitrogens is 1. The van der Waals surface area contributed by atoms with Crippen LogP contribution in [0, 0.1) is 0 Å². The highest BCUT2D eigenvalue weighted by atomic mass is 16.4. The van der Waals surface area contributed by atoms with Crippen LogP contribution in [0.2, 0.25) is 0 Å². The molecule has 1 fully saturated rings. The van der Waals surface area contributed by atoms with Gasteiger partial charge in [-0.05, 0) is 25.3 Å². The fourth-order valence-electron chi connectivity index (χ4n) is 2.77. The van der Waals surface area contributed by atoms with E-state index < -0.39 is 12.0 Å². The summed E-state index contributed by atoms with van der Waals surface area (Å²) in [5.74, 6) is -1.25. The van der Waals surface area contributed by atoms with Crippen LogP contribution < -0.4 is 0 Å². The summed E-state index contributed by atoms with van der Waals surface area (Å²) in [7, 11) is 0. The van der Waals surface area contributed by atoms with Crippen molar-refractivity contribution >= 4 is 11.9 Å². The Balaban J connectivity index is 1.83. The summed E-state index contributed by atoms with van der Waals surface area (Å²) in [4.78, 5) is 25.3. The highest BCUT2D eigenvalue weighted by molar-refractivity contribution is 5.96. The van der Waals surface area contributed by atoms with E-state index in [9.17, 15) is 14.7 Å². The number of nitrogens with one attached hydrogen (secondary N) is 1. The maximum Gasteiger partial charge on any atom is 0.326 e. The Kier molecular flexibility index (Phi) is 3.91. The lowest BCUT2D eigenvalue weighted by Crippen LogP contribution is -2.48. The summed E-state index contributed by atoms with van der Waals surface area (Å²) in [5, 5.41) is 16.1. The molecule has 1 aromatic carbocycles. The number of benzene rings is 1. The van der Waals surface area contributed by atoms with Crippen molar-refractivity contribution < 1.29 is 14.7 Å². The molecule has 1 aromatic heterocycles. The number of rotatable bonds is 3. The van der Waals surface area contributed by atoms with Crippen molar-refractivity contribution in [3.8, 4) is 11.3 Å². The number of carboxylic acid groups (broad SMARTS) is 1. The van der Waals surface area contributed by atoms with Gasteiger partial charge in [0.2, 0.25) is 0 Å². The summed E-state index contributed by atoms with van der Waals surface area (Å²) in [5.41, 5.74) is 1.91. The van der Waals surface area contributed by atoms with Gasteiger partial charge in [-0.15, -0.1) is 0 Å². The minimum absolute atomic E-state index is 0.304. The molecule has 1 aliphatic heterocycles. The van der Waals surface area contributed by atoms with Gasteiger partial charge in [-0.25, -0.2) is 4.79 Å². The number of carbonyl (C=O) groups excluding carboxylic acids is 1. The summed E-state index contributed by atoms with van der Waals surface area (Å²) >= 11 is 0. The molecule has 0 spiro atoms. The van der Waals surface area contributed by atoms with Crippen LogP contribution in [0.1, 0.15) is 29.8 Å². The Hall–Kier alpha value is -2.63. The molecule has 0 saturated carbocycles. The molecule has 22 heavy (non-hydrogen) atoms. The number of likely N-dealkylation sites (tertiary alicyclic amines) is 1. The fourth-order valence-corrected chi connectivity index (χ4v) is 2.77. The number of aromatic amines is 1. The van der Waals surface area contributed by atoms with Crippen LogP contribution >= 0.6 is 0 Å². The lowest BCUT2D eigenvalue weighted by atomic mass is 10.0. The molecular formula is C16H17N3O3. The van der Waals surface area contributed by atoms with E-state index in [-0.39, 0.29) is 5.91 Å². The predicted octanol–water partition coefficient (Wildman–Crippen LogP) is 2.16. The zero-order valence-corrected chi connectivity index (χ0v) is 12.0. The van der Waals surface area contributed by atoms with Gasteiger partial charge in [0, 0.05) is 12.1 Å². The first kappa shape index (κ1) is 14.3. The predicted molar refractivity (Wildman–Crippen MR) is 80.3 cm³/mol. The van der Waals surface area contributed by atoms with Crippen LogP contribution in [-0.4, -0.2) is 44.7 Å². The molecule has 2 aromatic rings. The number of amides is 1. The molecule has 0 radical (unpaired) electrons. The Morgan fingerprint density at radius 3 is 2.73 bits per heavy atom. The van der Waals surface area contributed by atoms with E-state index in [1.165, 1.54) is 4.90 Å². The molecule has 6 nitrogen and oxygen atoms in total. The number of carboxylic acids is 1. The van der Waals surface area contributed by atoms with Gasteiger partial charge in [0.15, 0.2) is 0 Å². The van der Waals surface area contributed by atoms with Crippen LogP contribution in [0.5, 0.6) is 0 Å². The molecular weight excluding hydrogens is 282 g/mol. The smallest absolute Gasteiger partial charge is 0.326 e. The van der Waals surface area contributed by atoms with E-state index >= 15 is 0 Å². The topological polar surface area (TPSA) is 86.3 Å².